The minimum Gasteiger partial charge on any atom is -0.354 e. The lowest BCUT2D eigenvalue weighted by atomic mass is 9.94. The maximum atomic E-state index is 12.9. The van der Waals surface area contributed by atoms with Crippen molar-refractivity contribution in [2.24, 2.45) is 5.92 Å². The van der Waals surface area contributed by atoms with Crippen LogP contribution in [0.1, 0.15) is 51.9 Å². The highest BCUT2D eigenvalue weighted by Gasteiger charge is 2.56. The van der Waals surface area contributed by atoms with E-state index in [9.17, 15) is 18.0 Å². The normalized spacial score (nSPS) is 25.9. The lowest BCUT2D eigenvalue weighted by Gasteiger charge is -2.27. The zero-order valence-corrected chi connectivity index (χ0v) is 18.8. The Morgan fingerprint density at radius 3 is 2.43 bits per heavy atom. The number of allylic oxidation sites excluding steroid dienone is 4. The van der Waals surface area contributed by atoms with Crippen molar-refractivity contribution in [3.63, 3.8) is 0 Å². The number of hydrogen-bond donors (Lipinski definition) is 0. The van der Waals surface area contributed by atoms with Crippen molar-refractivity contribution in [1.82, 2.24) is 14.1 Å². The van der Waals surface area contributed by atoms with Gasteiger partial charge in [0.15, 0.2) is 0 Å². The molecule has 0 aliphatic carbocycles. The molecule has 8 heteroatoms. The van der Waals surface area contributed by atoms with Gasteiger partial charge in [-0.1, -0.05) is 31.9 Å². The molecule has 0 bridgehead atoms. The molecular formula is C22H33N3O4S. The van der Waals surface area contributed by atoms with Crippen LogP contribution < -0.4 is 0 Å². The maximum absolute atomic E-state index is 12.9. The van der Waals surface area contributed by atoms with E-state index < -0.39 is 22.0 Å². The number of nitrogens with zero attached hydrogens (tertiary/aromatic N) is 3. The summed E-state index contributed by atoms with van der Waals surface area (Å²) in [5.41, 5.74) is 0. The highest BCUT2D eigenvalue weighted by Crippen LogP contribution is 2.40. The summed E-state index contributed by atoms with van der Waals surface area (Å²) in [4.78, 5) is 29.6. The van der Waals surface area contributed by atoms with Gasteiger partial charge in [-0.05, 0) is 37.8 Å². The van der Waals surface area contributed by atoms with E-state index in [1.54, 1.807) is 4.90 Å². The Morgan fingerprint density at radius 2 is 1.80 bits per heavy atom. The van der Waals surface area contributed by atoms with Crippen LogP contribution in [0.4, 0.5) is 0 Å². The van der Waals surface area contributed by atoms with Crippen molar-refractivity contribution in [1.29, 1.82) is 0 Å². The molecule has 2 fully saturated rings. The number of likely N-dealkylation sites (tertiary alicyclic amines) is 1. The van der Waals surface area contributed by atoms with Gasteiger partial charge >= 0.3 is 0 Å². The van der Waals surface area contributed by atoms with Crippen LogP contribution in [-0.4, -0.2) is 65.8 Å². The zero-order chi connectivity index (χ0) is 21.7. The standard InChI is InChI=1S/C22H33N3O4S/c1-3-11-18-21-19(25(22(18)27)30(2,28)29)13-17-24(21)20(26)12-7-6-10-16-23-14-8-4-5-9-15-23/h4-5,8-9,14-15,18-19,21H,3,6-7,10-13,16-17H2,1-2H3. The van der Waals surface area contributed by atoms with Gasteiger partial charge in [0.2, 0.25) is 21.8 Å². The molecule has 0 spiro atoms. The van der Waals surface area contributed by atoms with Crippen molar-refractivity contribution in [3.8, 4) is 0 Å². The van der Waals surface area contributed by atoms with Gasteiger partial charge in [0.1, 0.15) is 0 Å². The van der Waals surface area contributed by atoms with Crippen molar-refractivity contribution < 1.29 is 18.0 Å². The van der Waals surface area contributed by atoms with Crippen LogP contribution in [0.2, 0.25) is 0 Å². The summed E-state index contributed by atoms with van der Waals surface area (Å²) in [6, 6.07) is -0.706. The third-order valence-corrected chi connectivity index (χ3v) is 7.31. The molecule has 3 unspecified atom stereocenters. The smallest absolute Gasteiger partial charge is 0.241 e. The van der Waals surface area contributed by atoms with E-state index in [0.717, 1.165) is 42.8 Å². The average molecular weight is 436 g/mol. The number of rotatable bonds is 9. The third kappa shape index (κ3) is 4.96. The summed E-state index contributed by atoms with van der Waals surface area (Å²) in [6.07, 6.45) is 18.3. The molecule has 0 aromatic carbocycles. The number of carbonyl (C=O) groups is 2. The third-order valence-electron chi connectivity index (χ3n) is 6.14. The number of unbranched alkanes of at least 4 members (excludes halogenated alkanes) is 2. The zero-order valence-electron chi connectivity index (χ0n) is 17.9. The molecule has 3 aliphatic rings. The number of fused-ring (bicyclic) bond motifs is 1. The Kier molecular flexibility index (Phi) is 7.39. The van der Waals surface area contributed by atoms with Gasteiger partial charge in [0.05, 0.1) is 24.3 Å². The van der Waals surface area contributed by atoms with E-state index in [1.165, 1.54) is 0 Å². The summed E-state index contributed by atoms with van der Waals surface area (Å²) < 4.78 is 25.4. The summed E-state index contributed by atoms with van der Waals surface area (Å²) in [5, 5.41) is 0. The number of hydrogen-bond acceptors (Lipinski definition) is 5. The molecule has 3 atom stereocenters. The Labute approximate surface area is 180 Å². The van der Waals surface area contributed by atoms with Crippen molar-refractivity contribution in [2.45, 2.75) is 64.0 Å². The fraction of sp³-hybridized carbons (Fsp3) is 0.636. The van der Waals surface area contributed by atoms with E-state index in [1.807, 2.05) is 43.6 Å². The molecule has 0 N–H and O–H groups in total. The van der Waals surface area contributed by atoms with Crippen molar-refractivity contribution in [2.75, 3.05) is 19.3 Å². The molecule has 0 saturated carbocycles. The van der Waals surface area contributed by atoms with E-state index in [4.69, 9.17) is 0 Å². The molecule has 0 aromatic heterocycles. The van der Waals surface area contributed by atoms with E-state index in [-0.39, 0.29) is 17.9 Å². The van der Waals surface area contributed by atoms with Crippen LogP contribution in [0.25, 0.3) is 0 Å². The van der Waals surface area contributed by atoms with Gasteiger partial charge in [-0.25, -0.2) is 12.7 Å². The van der Waals surface area contributed by atoms with Crippen LogP contribution in [-0.2, 0) is 19.6 Å². The van der Waals surface area contributed by atoms with Gasteiger partial charge in [-0.15, -0.1) is 0 Å². The Bertz CT molecular complexity index is 817. The SMILES string of the molecule is CCCC1C(=O)N(S(C)(=O)=O)C2CCN(C(=O)CCCCCN3C=CC=CC=C3)C12. The summed E-state index contributed by atoms with van der Waals surface area (Å²) in [7, 11) is -3.62. The molecule has 3 aliphatic heterocycles. The maximum Gasteiger partial charge on any atom is 0.241 e. The first-order chi connectivity index (χ1) is 14.3. The van der Waals surface area contributed by atoms with E-state index >= 15 is 0 Å². The van der Waals surface area contributed by atoms with Crippen LogP contribution in [0.15, 0.2) is 36.7 Å². The predicted molar refractivity (Wildman–Crippen MR) is 117 cm³/mol. The molecule has 3 heterocycles. The molecule has 2 amide bonds. The fourth-order valence-corrected chi connectivity index (χ4v) is 6.04. The summed E-state index contributed by atoms with van der Waals surface area (Å²) in [6.45, 7) is 3.43. The highest BCUT2D eigenvalue weighted by atomic mass is 32.2. The topological polar surface area (TPSA) is 78.0 Å². The van der Waals surface area contributed by atoms with Crippen LogP contribution in [0.5, 0.6) is 0 Å². The second-order valence-electron chi connectivity index (χ2n) is 8.34. The van der Waals surface area contributed by atoms with Crippen LogP contribution in [0, 0.1) is 5.92 Å². The van der Waals surface area contributed by atoms with Gasteiger partial charge in [0.25, 0.3) is 0 Å². The van der Waals surface area contributed by atoms with Gasteiger partial charge < -0.3 is 9.80 Å². The fourth-order valence-electron chi connectivity index (χ4n) is 4.86. The van der Waals surface area contributed by atoms with Crippen LogP contribution >= 0.6 is 0 Å². The first-order valence-electron chi connectivity index (χ1n) is 10.9. The first-order valence-corrected chi connectivity index (χ1v) is 12.8. The number of carbonyl (C=O) groups excluding carboxylic acids is 2. The molecule has 3 rings (SSSR count). The van der Waals surface area contributed by atoms with Gasteiger partial charge in [0, 0.05) is 31.9 Å². The highest BCUT2D eigenvalue weighted by molar-refractivity contribution is 7.88. The second-order valence-corrected chi connectivity index (χ2v) is 10.2. The summed E-state index contributed by atoms with van der Waals surface area (Å²) in [5.74, 6) is -0.693. The molecule has 30 heavy (non-hydrogen) atoms. The quantitative estimate of drug-likeness (QED) is 0.520. The molecule has 0 radical (unpaired) electrons. The molecule has 2 saturated heterocycles. The van der Waals surface area contributed by atoms with Crippen molar-refractivity contribution >= 4 is 21.8 Å². The van der Waals surface area contributed by atoms with E-state index in [0.29, 0.717) is 25.8 Å². The molecule has 7 nitrogen and oxygen atoms in total. The predicted octanol–water partition coefficient (Wildman–Crippen LogP) is 2.63. The Hall–Kier alpha value is -2.09. The van der Waals surface area contributed by atoms with Crippen LogP contribution in [0.3, 0.4) is 0 Å². The average Bonchev–Trinajstić information content (AvgIpc) is 3.08. The molecular weight excluding hydrogens is 402 g/mol. The minimum atomic E-state index is -3.62. The van der Waals surface area contributed by atoms with Crippen molar-refractivity contribution in [3.05, 3.63) is 36.7 Å². The number of amides is 2. The molecule has 0 aromatic rings. The second kappa shape index (κ2) is 9.81. The van der Waals surface area contributed by atoms with Gasteiger partial charge in [-0.2, -0.15) is 0 Å². The lowest BCUT2D eigenvalue weighted by molar-refractivity contribution is -0.134. The number of sulfonamides is 1. The lowest BCUT2D eigenvalue weighted by Crippen LogP contribution is -2.43. The summed E-state index contributed by atoms with van der Waals surface area (Å²) >= 11 is 0. The minimum absolute atomic E-state index is 0.0468. The van der Waals surface area contributed by atoms with E-state index in [2.05, 4.69) is 4.90 Å². The van der Waals surface area contributed by atoms with Gasteiger partial charge in [-0.3, -0.25) is 9.59 Å². The Balaban J connectivity index is 1.53. The first kappa shape index (κ1) is 22.6. The monoisotopic (exact) mass is 435 g/mol. The Morgan fingerprint density at radius 1 is 1.10 bits per heavy atom. The largest absolute Gasteiger partial charge is 0.354 e. The molecule has 166 valence electrons.